The predicted octanol–water partition coefficient (Wildman–Crippen LogP) is 1.39. The van der Waals surface area contributed by atoms with Gasteiger partial charge in [-0.25, -0.2) is 18.1 Å². The maximum atomic E-state index is 12.2. The van der Waals surface area contributed by atoms with Crippen LogP contribution in [-0.2, 0) is 23.1 Å². The molecule has 0 radical (unpaired) electrons. The minimum absolute atomic E-state index is 0.191. The second-order valence-electron chi connectivity index (χ2n) is 4.00. The zero-order valence-corrected chi connectivity index (χ0v) is 12.1. The summed E-state index contributed by atoms with van der Waals surface area (Å²) in [6.45, 7) is 2.29. The number of hydrogen-bond donors (Lipinski definition) is 2. The first-order chi connectivity index (χ1) is 9.04. The lowest BCUT2D eigenvalue weighted by molar-refractivity contribution is 0.580. The van der Waals surface area contributed by atoms with E-state index in [4.69, 9.17) is 5.73 Å². The third kappa shape index (κ3) is 3.19. The van der Waals surface area contributed by atoms with Gasteiger partial charge in [-0.3, -0.25) is 0 Å². The standard InChI is InChI=1S/C12H15N3O2S2/c1-9-11(18-8-14-9)7-15-19(16,17)12-5-3-2-4-10(12)6-13/h2-5,8,15H,6-7,13H2,1H3. The summed E-state index contributed by atoms with van der Waals surface area (Å²) in [6.07, 6.45) is 0. The fraction of sp³-hybridized carbons (Fsp3) is 0.250. The summed E-state index contributed by atoms with van der Waals surface area (Å²) in [4.78, 5) is 5.23. The van der Waals surface area contributed by atoms with E-state index in [0.717, 1.165) is 10.6 Å². The number of benzene rings is 1. The number of hydrogen-bond acceptors (Lipinski definition) is 5. The van der Waals surface area contributed by atoms with Gasteiger partial charge in [-0.15, -0.1) is 11.3 Å². The van der Waals surface area contributed by atoms with E-state index in [9.17, 15) is 8.42 Å². The van der Waals surface area contributed by atoms with E-state index in [1.807, 2.05) is 6.92 Å². The number of sulfonamides is 1. The average Bonchev–Trinajstić information content (AvgIpc) is 2.82. The van der Waals surface area contributed by atoms with Gasteiger partial charge in [0.05, 0.1) is 16.1 Å². The average molecular weight is 297 g/mol. The molecule has 1 heterocycles. The Bertz CT molecular complexity index is 665. The van der Waals surface area contributed by atoms with E-state index in [2.05, 4.69) is 9.71 Å². The largest absolute Gasteiger partial charge is 0.326 e. The van der Waals surface area contributed by atoms with Crippen molar-refractivity contribution >= 4 is 21.4 Å². The Labute approximate surface area is 116 Å². The Kier molecular flexibility index (Phi) is 4.31. The summed E-state index contributed by atoms with van der Waals surface area (Å²) in [6, 6.07) is 6.73. The van der Waals surface area contributed by atoms with Crippen molar-refractivity contribution in [2.24, 2.45) is 5.73 Å². The first-order valence-electron chi connectivity index (χ1n) is 5.71. The molecule has 1 aromatic carbocycles. The van der Waals surface area contributed by atoms with Crippen LogP contribution in [0.3, 0.4) is 0 Å². The Morgan fingerprint density at radius 1 is 1.37 bits per heavy atom. The van der Waals surface area contributed by atoms with Crippen molar-refractivity contribution in [3.05, 3.63) is 45.9 Å². The topological polar surface area (TPSA) is 85.1 Å². The van der Waals surface area contributed by atoms with Crippen LogP contribution in [0.1, 0.15) is 16.1 Å². The zero-order valence-electron chi connectivity index (χ0n) is 10.5. The van der Waals surface area contributed by atoms with E-state index in [1.165, 1.54) is 11.3 Å². The van der Waals surface area contributed by atoms with E-state index in [-0.39, 0.29) is 18.0 Å². The van der Waals surface area contributed by atoms with Gasteiger partial charge in [0.25, 0.3) is 0 Å². The molecule has 2 rings (SSSR count). The van der Waals surface area contributed by atoms with Crippen molar-refractivity contribution in [2.45, 2.75) is 24.9 Å². The number of nitrogens with two attached hydrogens (primary N) is 1. The first-order valence-corrected chi connectivity index (χ1v) is 8.07. The molecule has 102 valence electrons. The van der Waals surface area contributed by atoms with Crippen molar-refractivity contribution in [1.29, 1.82) is 0 Å². The maximum absolute atomic E-state index is 12.2. The molecular formula is C12H15N3O2S2. The maximum Gasteiger partial charge on any atom is 0.241 e. The molecule has 7 heteroatoms. The second kappa shape index (κ2) is 5.79. The Hall–Kier alpha value is -1.28. The van der Waals surface area contributed by atoms with E-state index >= 15 is 0 Å². The highest BCUT2D eigenvalue weighted by Crippen LogP contribution is 2.17. The van der Waals surface area contributed by atoms with Gasteiger partial charge < -0.3 is 5.73 Å². The van der Waals surface area contributed by atoms with Crippen molar-refractivity contribution in [3.8, 4) is 0 Å². The summed E-state index contributed by atoms with van der Waals surface area (Å²) in [5.74, 6) is 0. The molecule has 0 unspecified atom stereocenters. The number of thiazole rings is 1. The molecule has 0 bridgehead atoms. The third-order valence-corrected chi connectivity index (χ3v) is 5.19. The molecule has 0 spiro atoms. The Morgan fingerprint density at radius 3 is 2.74 bits per heavy atom. The number of nitrogens with zero attached hydrogens (tertiary/aromatic N) is 1. The SMILES string of the molecule is Cc1ncsc1CNS(=O)(=O)c1ccccc1CN. The number of nitrogens with one attached hydrogen (secondary N) is 1. The molecule has 2 aromatic rings. The van der Waals surface area contributed by atoms with Gasteiger partial charge in [-0.05, 0) is 18.6 Å². The number of aryl methyl sites for hydroxylation is 1. The minimum atomic E-state index is -3.55. The first kappa shape index (κ1) is 14.1. The minimum Gasteiger partial charge on any atom is -0.326 e. The molecule has 1 aromatic heterocycles. The van der Waals surface area contributed by atoms with Crippen molar-refractivity contribution < 1.29 is 8.42 Å². The molecule has 0 atom stereocenters. The van der Waals surface area contributed by atoms with Gasteiger partial charge in [-0.1, -0.05) is 18.2 Å². The van der Waals surface area contributed by atoms with Crippen LogP contribution in [0.15, 0.2) is 34.7 Å². The van der Waals surface area contributed by atoms with Crippen molar-refractivity contribution in [2.75, 3.05) is 0 Å². The van der Waals surface area contributed by atoms with Crippen LogP contribution in [0, 0.1) is 6.92 Å². The molecule has 0 saturated carbocycles. The molecule has 0 aliphatic heterocycles. The second-order valence-corrected chi connectivity index (χ2v) is 6.67. The molecule has 0 amide bonds. The number of rotatable bonds is 5. The van der Waals surface area contributed by atoms with Crippen LogP contribution in [0.2, 0.25) is 0 Å². The summed E-state index contributed by atoms with van der Waals surface area (Å²) in [5.41, 5.74) is 8.72. The van der Waals surface area contributed by atoms with Crippen molar-refractivity contribution in [1.82, 2.24) is 9.71 Å². The summed E-state index contributed by atoms with van der Waals surface area (Å²) in [5, 5.41) is 0. The lowest BCUT2D eigenvalue weighted by Crippen LogP contribution is -2.24. The predicted molar refractivity (Wildman–Crippen MR) is 75.2 cm³/mol. The summed E-state index contributed by atoms with van der Waals surface area (Å²) < 4.78 is 27.1. The van der Waals surface area contributed by atoms with Gasteiger partial charge in [0, 0.05) is 18.0 Å². The monoisotopic (exact) mass is 297 g/mol. The molecule has 0 aliphatic rings. The van der Waals surface area contributed by atoms with Crippen molar-refractivity contribution in [3.63, 3.8) is 0 Å². The van der Waals surface area contributed by atoms with E-state index in [0.29, 0.717) is 5.56 Å². The number of aromatic nitrogens is 1. The summed E-state index contributed by atoms with van der Waals surface area (Å²) >= 11 is 1.43. The molecular weight excluding hydrogens is 282 g/mol. The summed E-state index contributed by atoms with van der Waals surface area (Å²) in [7, 11) is -3.55. The van der Waals surface area contributed by atoms with Gasteiger partial charge in [-0.2, -0.15) is 0 Å². The van der Waals surface area contributed by atoms with Crippen LogP contribution >= 0.6 is 11.3 Å². The third-order valence-electron chi connectivity index (χ3n) is 2.75. The molecule has 3 N–H and O–H groups in total. The molecule has 0 saturated heterocycles. The van der Waals surface area contributed by atoms with Crippen LogP contribution in [0.4, 0.5) is 0 Å². The van der Waals surface area contributed by atoms with E-state index < -0.39 is 10.0 Å². The Morgan fingerprint density at radius 2 is 2.11 bits per heavy atom. The highest BCUT2D eigenvalue weighted by molar-refractivity contribution is 7.89. The highest BCUT2D eigenvalue weighted by Gasteiger charge is 2.17. The molecule has 19 heavy (non-hydrogen) atoms. The Balaban J connectivity index is 2.21. The van der Waals surface area contributed by atoms with E-state index in [1.54, 1.807) is 29.8 Å². The molecule has 0 fully saturated rings. The zero-order chi connectivity index (χ0) is 13.9. The van der Waals surface area contributed by atoms with Crippen LogP contribution in [0.25, 0.3) is 0 Å². The smallest absolute Gasteiger partial charge is 0.241 e. The van der Waals surface area contributed by atoms with Gasteiger partial charge in [0.2, 0.25) is 10.0 Å². The van der Waals surface area contributed by atoms with Gasteiger partial charge >= 0.3 is 0 Å². The lowest BCUT2D eigenvalue weighted by Gasteiger charge is -2.09. The fourth-order valence-electron chi connectivity index (χ4n) is 1.67. The highest BCUT2D eigenvalue weighted by atomic mass is 32.2. The lowest BCUT2D eigenvalue weighted by atomic mass is 10.2. The van der Waals surface area contributed by atoms with Gasteiger partial charge in [0.15, 0.2) is 0 Å². The molecule has 0 aliphatic carbocycles. The van der Waals surface area contributed by atoms with Crippen LogP contribution in [-0.4, -0.2) is 13.4 Å². The quantitative estimate of drug-likeness (QED) is 0.873. The van der Waals surface area contributed by atoms with Crippen LogP contribution in [0.5, 0.6) is 0 Å². The fourth-order valence-corrected chi connectivity index (χ4v) is 3.72. The normalized spacial score (nSPS) is 11.7. The molecule has 5 nitrogen and oxygen atoms in total. The van der Waals surface area contributed by atoms with Crippen LogP contribution < -0.4 is 10.5 Å². The van der Waals surface area contributed by atoms with Gasteiger partial charge in [0.1, 0.15) is 0 Å².